The third kappa shape index (κ3) is 5.70. The Kier molecular flexibility index (Phi) is 7.56. The third-order valence-electron chi connectivity index (χ3n) is 4.39. The highest BCUT2D eigenvalue weighted by Crippen LogP contribution is 2.31. The van der Waals surface area contributed by atoms with Gasteiger partial charge in [0.15, 0.2) is 0 Å². The van der Waals surface area contributed by atoms with Gasteiger partial charge in [0, 0.05) is 28.4 Å². The van der Waals surface area contributed by atoms with Gasteiger partial charge in [-0.05, 0) is 70.5 Å². The lowest BCUT2D eigenvalue weighted by Crippen LogP contribution is -2.18. The number of anilines is 1. The number of hydrogen-bond acceptors (Lipinski definition) is 5. The molecule has 3 rings (SSSR count). The fraction of sp³-hybridized carbons (Fsp3) is 0.0870. The Bertz CT molecular complexity index is 1150. The maximum atomic E-state index is 13.0. The van der Waals surface area contributed by atoms with Crippen molar-refractivity contribution in [2.45, 2.75) is 0 Å². The smallest absolute Gasteiger partial charge is 0.271 e. The summed E-state index contributed by atoms with van der Waals surface area (Å²) in [6, 6.07) is 14.9. The van der Waals surface area contributed by atoms with Crippen LogP contribution in [-0.4, -0.2) is 32.2 Å². The number of amides is 2. The molecule has 0 atom stereocenters. The normalized spacial score (nSPS) is 10.6. The van der Waals surface area contributed by atoms with Crippen molar-refractivity contribution in [1.29, 1.82) is 0 Å². The van der Waals surface area contributed by atoms with Gasteiger partial charge >= 0.3 is 0 Å². The summed E-state index contributed by atoms with van der Waals surface area (Å²) in [5.41, 5.74) is 4.25. The third-order valence-corrected chi connectivity index (χ3v) is 5.00. The minimum atomic E-state index is -0.427. The number of carbonyl (C=O) groups excluding carboxylic acids is 2. The van der Waals surface area contributed by atoms with Crippen LogP contribution in [0.3, 0.4) is 0 Å². The van der Waals surface area contributed by atoms with E-state index in [0.717, 1.165) is 0 Å². The second-order valence-corrected chi connectivity index (χ2v) is 7.32. The van der Waals surface area contributed by atoms with Gasteiger partial charge in [-0.3, -0.25) is 9.59 Å². The first-order valence-electron chi connectivity index (χ1n) is 9.33. The monoisotopic (exact) mass is 499 g/mol. The van der Waals surface area contributed by atoms with Crippen molar-refractivity contribution in [2.75, 3.05) is 19.5 Å². The Morgan fingerprint density at radius 1 is 0.906 bits per heavy atom. The van der Waals surface area contributed by atoms with Gasteiger partial charge in [0.1, 0.15) is 17.3 Å². The van der Waals surface area contributed by atoms with Gasteiger partial charge in [0.2, 0.25) is 0 Å². The summed E-state index contributed by atoms with van der Waals surface area (Å²) < 4.78 is 24.2. The van der Waals surface area contributed by atoms with Crippen LogP contribution in [0.1, 0.15) is 26.3 Å². The second-order valence-electron chi connectivity index (χ2n) is 6.47. The lowest BCUT2D eigenvalue weighted by molar-refractivity contribution is 0.0954. The zero-order chi connectivity index (χ0) is 23.1. The molecule has 0 fully saturated rings. The van der Waals surface area contributed by atoms with Crippen LogP contribution in [0.15, 0.2) is 70.2 Å². The Morgan fingerprint density at radius 3 is 2.12 bits per heavy atom. The van der Waals surface area contributed by atoms with E-state index in [-0.39, 0.29) is 5.91 Å². The summed E-state index contributed by atoms with van der Waals surface area (Å²) in [4.78, 5) is 24.5. The number of nitrogens with one attached hydrogen (secondary N) is 2. The zero-order valence-electron chi connectivity index (χ0n) is 17.2. The number of hydrogen-bond donors (Lipinski definition) is 2. The van der Waals surface area contributed by atoms with E-state index in [1.54, 1.807) is 43.5 Å². The van der Waals surface area contributed by atoms with E-state index in [1.807, 2.05) is 0 Å². The number of nitrogens with zero attached hydrogens (tertiary/aromatic N) is 1. The molecule has 2 N–H and O–H groups in total. The van der Waals surface area contributed by atoms with Crippen molar-refractivity contribution in [1.82, 2.24) is 5.43 Å². The zero-order valence-corrected chi connectivity index (χ0v) is 18.8. The number of methoxy groups -OCH3 is 2. The van der Waals surface area contributed by atoms with Crippen LogP contribution in [0.25, 0.3) is 0 Å². The van der Waals surface area contributed by atoms with E-state index in [1.165, 1.54) is 37.6 Å². The van der Waals surface area contributed by atoms with Gasteiger partial charge in [0.05, 0.1) is 24.9 Å². The highest BCUT2D eigenvalue weighted by atomic mass is 79.9. The molecule has 9 heteroatoms. The Balaban J connectivity index is 1.62. The first kappa shape index (κ1) is 23.0. The Labute approximate surface area is 192 Å². The largest absolute Gasteiger partial charge is 0.496 e. The van der Waals surface area contributed by atoms with Crippen LogP contribution in [0.4, 0.5) is 10.1 Å². The van der Waals surface area contributed by atoms with Crippen molar-refractivity contribution < 1.29 is 23.5 Å². The molecule has 32 heavy (non-hydrogen) atoms. The average Bonchev–Trinajstić information content (AvgIpc) is 2.80. The topological polar surface area (TPSA) is 89.0 Å². The van der Waals surface area contributed by atoms with Gasteiger partial charge in [0.25, 0.3) is 11.8 Å². The number of benzene rings is 3. The fourth-order valence-electron chi connectivity index (χ4n) is 2.72. The van der Waals surface area contributed by atoms with Crippen LogP contribution in [0.5, 0.6) is 11.5 Å². The highest BCUT2D eigenvalue weighted by molar-refractivity contribution is 9.10. The standard InChI is InChI=1S/C23H19BrFN3O4/c1-31-20-12-21(32-2)19(24)11-16(20)13-26-28-23(30)15-5-9-18(10-6-15)27-22(29)14-3-7-17(25)8-4-14/h3-13H,1-2H3,(H,27,29)(H,28,30)/b26-13+. The molecule has 0 aliphatic carbocycles. The van der Waals surface area contributed by atoms with Gasteiger partial charge in [-0.25, -0.2) is 9.82 Å². The highest BCUT2D eigenvalue weighted by Gasteiger charge is 2.10. The van der Waals surface area contributed by atoms with E-state index in [0.29, 0.717) is 38.3 Å². The molecule has 0 heterocycles. The van der Waals surface area contributed by atoms with E-state index < -0.39 is 11.7 Å². The molecule has 3 aromatic rings. The molecule has 0 aliphatic rings. The summed E-state index contributed by atoms with van der Waals surface area (Å²) in [5.74, 6) is -0.0906. The molecule has 164 valence electrons. The van der Waals surface area contributed by atoms with Gasteiger partial charge in [-0.15, -0.1) is 0 Å². The predicted octanol–water partition coefficient (Wildman–Crippen LogP) is 4.62. The molecule has 0 bridgehead atoms. The summed E-state index contributed by atoms with van der Waals surface area (Å²) in [6.07, 6.45) is 1.46. The second kappa shape index (κ2) is 10.5. The molecule has 0 saturated carbocycles. The quantitative estimate of drug-likeness (QED) is 0.366. The Hall–Kier alpha value is -3.72. The minimum absolute atomic E-state index is 0.322. The van der Waals surface area contributed by atoms with Crippen LogP contribution in [0, 0.1) is 5.82 Å². The van der Waals surface area contributed by atoms with E-state index in [9.17, 15) is 14.0 Å². The number of rotatable bonds is 7. The number of ether oxygens (including phenoxy) is 2. The fourth-order valence-corrected chi connectivity index (χ4v) is 3.24. The lowest BCUT2D eigenvalue weighted by Gasteiger charge is -2.09. The first-order valence-corrected chi connectivity index (χ1v) is 10.1. The summed E-state index contributed by atoms with van der Waals surface area (Å²) in [5, 5.41) is 6.66. The Morgan fingerprint density at radius 2 is 1.50 bits per heavy atom. The van der Waals surface area contributed by atoms with Gasteiger partial charge in [-0.2, -0.15) is 5.10 Å². The molecule has 0 spiro atoms. The van der Waals surface area contributed by atoms with Crippen LogP contribution in [-0.2, 0) is 0 Å². The maximum Gasteiger partial charge on any atom is 0.271 e. The summed E-state index contributed by atoms with van der Waals surface area (Å²) in [6.45, 7) is 0. The van der Waals surface area contributed by atoms with E-state index >= 15 is 0 Å². The molecule has 0 saturated heterocycles. The maximum absolute atomic E-state index is 13.0. The van der Waals surface area contributed by atoms with Crippen molar-refractivity contribution in [3.63, 3.8) is 0 Å². The van der Waals surface area contributed by atoms with Crippen LogP contribution >= 0.6 is 15.9 Å². The molecule has 0 aromatic heterocycles. The average molecular weight is 500 g/mol. The van der Waals surface area contributed by atoms with Crippen molar-refractivity contribution in [3.8, 4) is 11.5 Å². The minimum Gasteiger partial charge on any atom is -0.496 e. The molecular formula is C23H19BrFN3O4. The number of hydrazone groups is 1. The lowest BCUT2D eigenvalue weighted by atomic mass is 10.1. The van der Waals surface area contributed by atoms with Crippen LogP contribution in [0.2, 0.25) is 0 Å². The SMILES string of the molecule is COc1cc(OC)c(/C=N/NC(=O)c2ccc(NC(=O)c3ccc(F)cc3)cc2)cc1Br. The van der Waals surface area contributed by atoms with Gasteiger partial charge < -0.3 is 14.8 Å². The molecule has 0 unspecified atom stereocenters. The first-order chi connectivity index (χ1) is 15.4. The van der Waals surface area contributed by atoms with Crippen molar-refractivity contribution in [3.05, 3.63) is 87.6 Å². The van der Waals surface area contributed by atoms with E-state index in [2.05, 4.69) is 31.8 Å². The number of halogens is 2. The predicted molar refractivity (Wildman–Crippen MR) is 123 cm³/mol. The molecule has 2 amide bonds. The summed E-state index contributed by atoms with van der Waals surface area (Å²) in [7, 11) is 3.07. The van der Waals surface area contributed by atoms with E-state index in [4.69, 9.17) is 9.47 Å². The van der Waals surface area contributed by atoms with Gasteiger partial charge in [-0.1, -0.05) is 0 Å². The molecule has 0 aliphatic heterocycles. The number of carbonyl (C=O) groups is 2. The van der Waals surface area contributed by atoms with Crippen molar-refractivity contribution >= 4 is 39.6 Å². The molecule has 7 nitrogen and oxygen atoms in total. The van der Waals surface area contributed by atoms with Crippen molar-refractivity contribution in [2.24, 2.45) is 5.10 Å². The molecular weight excluding hydrogens is 481 g/mol. The van der Waals surface area contributed by atoms with Crippen LogP contribution < -0.4 is 20.2 Å². The molecule has 0 radical (unpaired) electrons. The molecule has 3 aromatic carbocycles. The summed E-state index contributed by atoms with van der Waals surface area (Å²) >= 11 is 3.39.